The maximum Gasteiger partial charge on any atom is 0.410 e. The van der Waals surface area contributed by atoms with Crippen LogP contribution in [-0.2, 0) is 0 Å². The monoisotopic (exact) mass is 418 g/mol. The van der Waals surface area contributed by atoms with Gasteiger partial charge in [0.1, 0.15) is 10.8 Å². The lowest BCUT2D eigenvalue weighted by Gasteiger charge is -2.32. The van der Waals surface area contributed by atoms with Gasteiger partial charge in [0.15, 0.2) is 11.7 Å². The largest absolute Gasteiger partial charge is 0.410 e. The molecule has 0 unspecified atom stereocenters. The summed E-state index contributed by atoms with van der Waals surface area (Å²) in [5.74, 6) is -0.482. The number of hydrogen-bond donors (Lipinski definition) is 2. The summed E-state index contributed by atoms with van der Waals surface area (Å²) < 4.78 is 41.8. The number of carbonyl (C=O) groups excluding carboxylic acids is 1. The van der Waals surface area contributed by atoms with Gasteiger partial charge in [-0.3, -0.25) is 4.79 Å². The molecule has 1 fully saturated rings. The van der Waals surface area contributed by atoms with Gasteiger partial charge >= 0.3 is 6.18 Å². The van der Waals surface area contributed by atoms with E-state index in [1.165, 1.54) is 11.3 Å². The van der Waals surface area contributed by atoms with Crippen LogP contribution in [0.25, 0.3) is 0 Å². The van der Waals surface area contributed by atoms with Crippen molar-refractivity contribution in [3.8, 4) is 0 Å². The average Bonchev–Trinajstić information content (AvgIpc) is 3.35. The molecule has 0 aromatic carbocycles. The molecule has 2 N–H and O–H groups in total. The van der Waals surface area contributed by atoms with Crippen molar-refractivity contribution in [1.29, 1.82) is 0 Å². The Morgan fingerprint density at radius 2 is 2.11 bits per heavy atom. The summed E-state index contributed by atoms with van der Waals surface area (Å²) in [4.78, 5) is 13.3. The lowest BCUT2D eigenvalue weighted by atomic mass is 10.0. The van der Waals surface area contributed by atoms with Crippen molar-refractivity contribution >= 4 is 34.7 Å². The van der Waals surface area contributed by atoms with Crippen molar-refractivity contribution in [2.45, 2.75) is 56.4 Å². The molecule has 10 heteroatoms. The SMILES string of the molecule is O=C(NC1CCCC1)c1nn2c(c1Cl)N[C@H](c1cccs1)C[C@H]2C(F)(F)F. The zero-order valence-corrected chi connectivity index (χ0v) is 15.8. The highest BCUT2D eigenvalue weighted by Gasteiger charge is 2.48. The topological polar surface area (TPSA) is 59.0 Å². The Morgan fingerprint density at radius 1 is 1.37 bits per heavy atom. The van der Waals surface area contributed by atoms with Crippen molar-refractivity contribution in [2.24, 2.45) is 0 Å². The lowest BCUT2D eigenvalue weighted by Crippen LogP contribution is -2.36. The van der Waals surface area contributed by atoms with Gasteiger partial charge in [-0.25, -0.2) is 4.68 Å². The average molecular weight is 419 g/mol. The van der Waals surface area contributed by atoms with Crippen molar-refractivity contribution < 1.29 is 18.0 Å². The van der Waals surface area contributed by atoms with Crippen LogP contribution in [0.15, 0.2) is 17.5 Å². The van der Waals surface area contributed by atoms with E-state index in [9.17, 15) is 18.0 Å². The van der Waals surface area contributed by atoms with Crippen molar-refractivity contribution in [2.75, 3.05) is 5.32 Å². The molecule has 1 amide bonds. The molecule has 1 aliphatic heterocycles. The quantitative estimate of drug-likeness (QED) is 0.743. The third kappa shape index (κ3) is 3.54. The maximum atomic E-state index is 13.7. The normalized spacial score (nSPS) is 23.1. The number of carbonyl (C=O) groups is 1. The molecule has 27 heavy (non-hydrogen) atoms. The summed E-state index contributed by atoms with van der Waals surface area (Å²) >= 11 is 7.67. The van der Waals surface area contributed by atoms with Gasteiger partial charge in [0.25, 0.3) is 5.91 Å². The van der Waals surface area contributed by atoms with E-state index in [1.807, 2.05) is 5.38 Å². The first-order valence-corrected chi connectivity index (χ1v) is 10.1. The van der Waals surface area contributed by atoms with Crippen LogP contribution in [0.3, 0.4) is 0 Å². The first-order chi connectivity index (χ1) is 12.8. The van der Waals surface area contributed by atoms with Gasteiger partial charge in [0, 0.05) is 17.3 Å². The van der Waals surface area contributed by atoms with Crippen LogP contribution in [-0.4, -0.2) is 27.9 Å². The summed E-state index contributed by atoms with van der Waals surface area (Å²) in [7, 11) is 0. The minimum Gasteiger partial charge on any atom is -0.361 e. The van der Waals surface area contributed by atoms with Crippen molar-refractivity contribution in [1.82, 2.24) is 15.1 Å². The number of nitrogens with one attached hydrogen (secondary N) is 2. The van der Waals surface area contributed by atoms with Gasteiger partial charge in [-0.2, -0.15) is 18.3 Å². The Hall–Kier alpha value is -1.74. The van der Waals surface area contributed by atoms with Crippen LogP contribution in [0.1, 0.15) is 59.6 Å². The molecule has 0 bridgehead atoms. The highest BCUT2D eigenvalue weighted by atomic mass is 35.5. The summed E-state index contributed by atoms with van der Waals surface area (Å²) in [5.41, 5.74) is -0.160. The van der Waals surface area contributed by atoms with Gasteiger partial charge in [-0.1, -0.05) is 30.5 Å². The van der Waals surface area contributed by atoms with E-state index < -0.39 is 24.2 Å². The number of halogens is 4. The van der Waals surface area contributed by atoms with E-state index in [2.05, 4.69) is 15.7 Å². The highest BCUT2D eigenvalue weighted by Crippen LogP contribution is 2.46. The predicted octanol–water partition coefficient (Wildman–Crippen LogP) is 4.93. The molecular formula is C17H18ClF3N4OS. The van der Waals surface area contributed by atoms with Crippen molar-refractivity contribution in [3.63, 3.8) is 0 Å². The maximum absolute atomic E-state index is 13.7. The Balaban J connectivity index is 1.67. The van der Waals surface area contributed by atoms with Crippen molar-refractivity contribution in [3.05, 3.63) is 33.1 Å². The van der Waals surface area contributed by atoms with Crippen LogP contribution < -0.4 is 10.6 Å². The second kappa shape index (κ2) is 7.01. The van der Waals surface area contributed by atoms with E-state index in [0.29, 0.717) is 0 Å². The number of amides is 1. The molecule has 2 atom stereocenters. The van der Waals surface area contributed by atoms with Crippen LogP contribution in [0.2, 0.25) is 5.02 Å². The number of thiophene rings is 1. The van der Waals surface area contributed by atoms with Gasteiger partial charge in [-0.15, -0.1) is 11.3 Å². The highest BCUT2D eigenvalue weighted by molar-refractivity contribution is 7.10. The Bertz CT molecular complexity index is 830. The van der Waals surface area contributed by atoms with Crippen LogP contribution in [0.5, 0.6) is 0 Å². The molecule has 0 spiro atoms. The van der Waals surface area contributed by atoms with E-state index in [4.69, 9.17) is 11.6 Å². The predicted molar refractivity (Wildman–Crippen MR) is 97.4 cm³/mol. The summed E-state index contributed by atoms with van der Waals surface area (Å²) in [6.45, 7) is 0. The third-order valence-electron chi connectivity index (χ3n) is 5.09. The minimum absolute atomic E-state index is 0.0255. The molecule has 0 saturated heterocycles. The molecule has 2 aromatic heterocycles. The van der Waals surface area contributed by atoms with Gasteiger partial charge < -0.3 is 10.6 Å². The van der Waals surface area contributed by atoms with Gasteiger partial charge in [0.05, 0.1) is 6.04 Å². The molecular weight excluding hydrogens is 401 g/mol. The molecule has 1 aliphatic carbocycles. The summed E-state index contributed by atoms with van der Waals surface area (Å²) in [6.07, 6.45) is -0.932. The number of rotatable bonds is 3. The number of hydrogen-bond acceptors (Lipinski definition) is 4. The smallest absolute Gasteiger partial charge is 0.361 e. The lowest BCUT2D eigenvalue weighted by molar-refractivity contribution is -0.173. The van der Waals surface area contributed by atoms with Gasteiger partial charge in [0.2, 0.25) is 0 Å². The number of nitrogens with zero attached hydrogens (tertiary/aromatic N) is 2. The Kier molecular flexibility index (Phi) is 4.84. The molecule has 2 aromatic rings. The van der Waals surface area contributed by atoms with E-state index in [-0.39, 0.29) is 29.0 Å². The van der Waals surface area contributed by atoms with Crippen LogP contribution >= 0.6 is 22.9 Å². The molecule has 2 aliphatic rings. The Morgan fingerprint density at radius 3 is 2.74 bits per heavy atom. The summed E-state index contributed by atoms with van der Waals surface area (Å²) in [5, 5.41) is 11.6. The number of fused-ring (bicyclic) bond motifs is 1. The molecule has 1 saturated carbocycles. The van der Waals surface area contributed by atoms with E-state index >= 15 is 0 Å². The second-order valence-electron chi connectivity index (χ2n) is 6.92. The molecule has 4 rings (SSSR count). The van der Waals surface area contributed by atoms with E-state index in [1.54, 1.807) is 12.1 Å². The van der Waals surface area contributed by atoms with Crippen LogP contribution in [0.4, 0.5) is 19.0 Å². The summed E-state index contributed by atoms with van der Waals surface area (Å²) in [6, 6.07) is 1.22. The number of alkyl halides is 3. The van der Waals surface area contributed by atoms with E-state index in [0.717, 1.165) is 35.2 Å². The first kappa shape index (κ1) is 18.6. The number of aromatic nitrogens is 2. The van der Waals surface area contributed by atoms with Gasteiger partial charge in [-0.05, 0) is 24.3 Å². The Labute approximate surface area is 162 Å². The fraction of sp³-hybridized carbons (Fsp3) is 0.529. The molecule has 0 radical (unpaired) electrons. The third-order valence-corrected chi connectivity index (χ3v) is 6.43. The fourth-order valence-corrected chi connectivity index (χ4v) is 4.79. The first-order valence-electron chi connectivity index (χ1n) is 8.80. The zero-order chi connectivity index (χ0) is 19.2. The second-order valence-corrected chi connectivity index (χ2v) is 8.27. The molecule has 146 valence electrons. The minimum atomic E-state index is -4.50. The molecule has 5 nitrogen and oxygen atoms in total. The standard InChI is InChI=1S/C17H18ClF3N4OS/c18-13-14(16(26)22-9-4-1-2-5-9)24-25-12(17(19,20)21)8-10(23-15(13)25)11-6-3-7-27-11/h3,6-7,9-10,12,23H,1-2,4-5,8H2,(H,22,26)/t10-,12-/m0/s1. The van der Waals surface area contributed by atoms with Crippen LogP contribution in [0, 0.1) is 0 Å². The molecule has 3 heterocycles. The fourth-order valence-electron chi connectivity index (χ4n) is 3.73. The zero-order valence-electron chi connectivity index (χ0n) is 14.2. The number of anilines is 1.